The summed E-state index contributed by atoms with van der Waals surface area (Å²) < 4.78 is 2.51. The molecule has 0 unspecified atom stereocenters. The Morgan fingerprint density at radius 2 is 2.25 bits per heavy atom. The van der Waals surface area contributed by atoms with Gasteiger partial charge in [-0.2, -0.15) is 5.10 Å². The van der Waals surface area contributed by atoms with Crippen molar-refractivity contribution in [1.82, 2.24) is 24.7 Å². The van der Waals surface area contributed by atoms with E-state index in [1.165, 1.54) is 4.88 Å². The maximum atomic E-state index is 5.30. The van der Waals surface area contributed by atoms with Crippen LogP contribution in [-0.2, 0) is 13.0 Å². The molecule has 3 aromatic heterocycles. The largest absolute Gasteiger partial charge is 0.292 e. The molecule has 3 aromatic rings. The van der Waals surface area contributed by atoms with Gasteiger partial charge in [-0.3, -0.25) is 14.6 Å². The zero-order chi connectivity index (χ0) is 13.9. The quantitative estimate of drug-likeness (QED) is 0.753. The number of aryl methyl sites for hydroxylation is 1. The lowest BCUT2D eigenvalue weighted by Gasteiger charge is -2.03. The second kappa shape index (κ2) is 5.64. The number of pyridine rings is 1. The van der Waals surface area contributed by atoms with Gasteiger partial charge in [0.2, 0.25) is 0 Å². The van der Waals surface area contributed by atoms with Crippen molar-refractivity contribution < 1.29 is 0 Å². The van der Waals surface area contributed by atoms with E-state index in [2.05, 4.69) is 27.1 Å². The van der Waals surface area contributed by atoms with E-state index in [1.54, 1.807) is 17.5 Å². The van der Waals surface area contributed by atoms with Gasteiger partial charge in [-0.1, -0.05) is 13.0 Å². The van der Waals surface area contributed by atoms with Crippen molar-refractivity contribution in [3.05, 3.63) is 45.2 Å². The highest BCUT2D eigenvalue weighted by atomic mass is 32.1. The Morgan fingerprint density at radius 1 is 1.35 bits per heavy atom. The fourth-order valence-corrected chi connectivity index (χ4v) is 2.92. The Hall–Kier alpha value is -1.86. The van der Waals surface area contributed by atoms with E-state index in [0.717, 1.165) is 22.9 Å². The van der Waals surface area contributed by atoms with Gasteiger partial charge in [0.05, 0.1) is 6.54 Å². The average Bonchev–Trinajstić information content (AvgIpc) is 3.08. The van der Waals surface area contributed by atoms with Crippen LogP contribution in [0, 0.1) is 4.77 Å². The van der Waals surface area contributed by atoms with Crippen molar-refractivity contribution in [1.29, 1.82) is 0 Å². The summed E-state index contributed by atoms with van der Waals surface area (Å²) in [7, 11) is 0. The highest BCUT2D eigenvalue weighted by Gasteiger charge is 2.11. The number of nitrogens with zero attached hydrogens (tertiary/aromatic N) is 4. The average molecular weight is 303 g/mol. The number of aromatic nitrogens is 5. The van der Waals surface area contributed by atoms with Crippen LogP contribution >= 0.6 is 23.6 Å². The van der Waals surface area contributed by atoms with E-state index in [0.29, 0.717) is 11.3 Å². The minimum Gasteiger partial charge on any atom is -0.292 e. The summed E-state index contributed by atoms with van der Waals surface area (Å²) in [4.78, 5) is 10.0. The summed E-state index contributed by atoms with van der Waals surface area (Å²) in [6, 6.07) is 5.73. The fraction of sp³-hybridized carbons (Fsp3) is 0.231. The topological polar surface area (TPSA) is 59.4 Å². The SMILES string of the molecule is CCc1cnc(Cn2c(-c3ccccn3)n[nH]c2=S)s1. The molecule has 0 saturated carbocycles. The van der Waals surface area contributed by atoms with Gasteiger partial charge in [0.1, 0.15) is 10.7 Å². The van der Waals surface area contributed by atoms with Crippen LogP contribution in [0.4, 0.5) is 0 Å². The molecule has 7 heteroatoms. The van der Waals surface area contributed by atoms with E-state index < -0.39 is 0 Å². The highest BCUT2D eigenvalue weighted by Crippen LogP contribution is 2.19. The summed E-state index contributed by atoms with van der Waals surface area (Å²) in [5.41, 5.74) is 0.798. The van der Waals surface area contributed by atoms with Crippen LogP contribution in [0.1, 0.15) is 16.8 Å². The van der Waals surface area contributed by atoms with E-state index >= 15 is 0 Å². The summed E-state index contributed by atoms with van der Waals surface area (Å²) in [6.45, 7) is 2.74. The fourth-order valence-electron chi connectivity index (χ4n) is 1.87. The van der Waals surface area contributed by atoms with Crippen LogP contribution < -0.4 is 0 Å². The molecule has 0 aliphatic rings. The first-order valence-corrected chi connectivity index (χ1v) is 7.50. The van der Waals surface area contributed by atoms with Crippen LogP contribution in [0.3, 0.4) is 0 Å². The third-order valence-corrected chi connectivity index (χ3v) is 4.33. The lowest BCUT2D eigenvalue weighted by Crippen LogP contribution is -2.02. The van der Waals surface area contributed by atoms with Gasteiger partial charge in [0.25, 0.3) is 0 Å². The molecule has 3 heterocycles. The van der Waals surface area contributed by atoms with Gasteiger partial charge in [0, 0.05) is 17.3 Å². The van der Waals surface area contributed by atoms with Gasteiger partial charge in [-0.05, 0) is 30.8 Å². The highest BCUT2D eigenvalue weighted by molar-refractivity contribution is 7.71. The van der Waals surface area contributed by atoms with E-state index in [1.807, 2.05) is 29.0 Å². The number of thiazole rings is 1. The monoisotopic (exact) mass is 303 g/mol. The molecule has 20 heavy (non-hydrogen) atoms. The smallest absolute Gasteiger partial charge is 0.195 e. The Labute approximate surface area is 125 Å². The third kappa shape index (κ3) is 2.54. The molecule has 3 rings (SSSR count). The number of rotatable bonds is 4. The normalized spacial score (nSPS) is 10.8. The second-order valence-corrected chi connectivity index (χ2v) is 5.81. The van der Waals surface area contributed by atoms with Gasteiger partial charge < -0.3 is 0 Å². The van der Waals surface area contributed by atoms with Gasteiger partial charge in [0.15, 0.2) is 10.6 Å². The van der Waals surface area contributed by atoms with Gasteiger partial charge in [-0.15, -0.1) is 11.3 Å². The molecule has 0 bridgehead atoms. The van der Waals surface area contributed by atoms with E-state index in [-0.39, 0.29) is 0 Å². The molecule has 1 N–H and O–H groups in total. The molecule has 0 amide bonds. The molecule has 0 spiro atoms. The number of aromatic amines is 1. The van der Waals surface area contributed by atoms with Crippen LogP contribution in [0.2, 0.25) is 0 Å². The Morgan fingerprint density at radius 3 is 2.95 bits per heavy atom. The first-order valence-electron chi connectivity index (χ1n) is 6.28. The number of hydrogen-bond acceptors (Lipinski definition) is 5. The molecule has 0 atom stereocenters. The molecule has 0 radical (unpaired) electrons. The summed E-state index contributed by atoms with van der Waals surface area (Å²) in [5, 5.41) is 8.12. The molecule has 102 valence electrons. The van der Waals surface area contributed by atoms with Crippen LogP contribution in [0.25, 0.3) is 11.5 Å². The molecular formula is C13H13N5S2. The Kier molecular flexibility index (Phi) is 3.70. The zero-order valence-corrected chi connectivity index (χ0v) is 12.5. The van der Waals surface area contributed by atoms with Gasteiger partial charge in [-0.25, -0.2) is 4.98 Å². The van der Waals surface area contributed by atoms with Crippen molar-refractivity contribution in [3.63, 3.8) is 0 Å². The predicted octanol–water partition coefficient (Wildman–Crippen LogP) is 3.07. The van der Waals surface area contributed by atoms with E-state index in [9.17, 15) is 0 Å². The number of H-pyrrole nitrogens is 1. The molecule has 0 fully saturated rings. The standard InChI is InChI=1S/C13H13N5S2/c1-2-9-7-15-11(20-9)8-18-12(16-17-13(18)19)10-5-3-4-6-14-10/h3-7H,2,8H2,1H3,(H,17,19). The maximum Gasteiger partial charge on any atom is 0.195 e. The molecule has 0 aromatic carbocycles. The van der Waals surface area contributed by atoms with Crippen molar-refractivity contribution in [3.8, 4) is 11.5 Å². The van der Waals surface area contributed by atoms with Crippen molar-refractivity contribution in [2.75, 3.05) is 0 Å². The van der Waals surface area contributed by atoms with Crippen molar-refractivity contribution >= 4 is 23.6 Å². The van der Waals surface area contributed by atoms with Crippen molar-refractivity contribution in [2.45, 2.75) is 19.9 Å². The minimum atomic E-state index is 0.582. The third-order valence-electron chi connectivity index (χ3n) is 2.90. The molecule has 5 nitrogen and oxygen atoms in total. The molecule has 0 aliphatic heterocycles. The van der Waals surface area contributed by atoms with Gasteiger partial charge >= 0.3 is 0 Å². The first kappa shape index (κ1) is 13.1. The van der Waals surface area contributed by atoms with Crippen LogP contribution in [0.15, 0.2) is 30.6 Å². The predicted molar refractivity (Wildman–Crippen MR) is 81.2 cm³/mol. The maximum absolute atomic E-state index is 5.30. The number of hydrogen-bond donors (Lipinski definition) is 1. The second-order valence-electron chi connectivity index (χ2n) is 4.23. The first-order chi connectivity index (χ1) is 9.78. The summed E-state index contributed by atoms with van der Waals surface area (Å²) >= 11 is 7.00. The van der Waals surface area contributed by atoms with Crippen molar-refractivity contribution in [2.24, 2.45) is 0 Å². The van der Waals surface area contributed by atoms with Crippen LogP contribution in [0.5, 0.6) is 0 Å². The summed E-state index contributed by atoms with van der Waals surface area (Å²) in [6.07, 6.45) is 4.67. The Balaban J connectivity index is 1.97. The molecular weight excluding hydrogens is 290 g/mol. The molecule has 0 aliphatic carbocycles. The summed E-state index contributed by atoms with van der Waals surface area (Å²) in [5.74, 6) is 0.740. The molecule has 0 saturated heterocycles. The lowest BCUT2D eigenvalue weighted by atomic mass is 10.3. The van der Waals surface area contributed by atoms with E-state index in [4.69, 9.17) is 12.2 Å². The minimum absolute atomic E-state index is 0.582. The number of nitrogens with one attached hydrogen (secondary N) is 1. The lowest BCUT2D eigenvalue weighted by molar-refractivity contribution is 0.781. The Bertz CT molecular complexity index is 756. The zero-order valence-electron chi connectivity index (χ0n) is 10.9. The van der Waals surface area contributed by atoms with Crippen LogP contribution in [-0.4, -0.2) is 24.7 Å².